The van der Waals surface area contributed by atoms with Crippen LogP contribution in [-0.2, 0) is 9.59 Å². The molecule has 1 aliphatic carbocycles. The van der Waals surface area contributed by atoms with Crippen LogP contribution in [0.3, 0.4) is 0 Å². The van der Waals surface area contributed by atoms with Crippen molar-refractivity contribution in [2.45, 2.75) is 90.9 Å². The molecule has 4 atom stereocenters. The Bertz CT molecular complexity index is 878. The summed E-state index contributed by atoms with van der Waals surface area (Å²) in [6.45, 7) is 8.53. The number of hydrogen-bond donors (Lipinski definition) is 0. The molecule has 1 saturated carbocycles. The second kappa shape index (κ2) is 11.6. The summed E-state index contributed by atoms with van der Waals surface area (Å²) < 4.78 is 0. The van der Waals surface area contributed by atoms with E-state index in [4.69, 9.17) is 0 Å². The van der Waals surface area contributed by atoms with Crippen molar-refractivity contribution in [3.05, 3.63) is 70.8 Å². The highest BCUT2D eigenvalue weighted by Gasteiger charge is 2.47. The van der Waals surface area contributed by atoms with E-state index in [2.05, 4.69) is 76.2 Å². The first-order valence-electron chi connectivity index (χ1n) is 12.6. The molecular weight excluding hydrogens is 392 g/mol. The summed E-state index contributed by atoms with van der Waals surface area (Å²) in [6, 6.07) is 17.1. The topological polar surface area (TPSA) is 34.1 Å². The Balaban J connectivity index is 2.07. The number of Topliss-reactive ketones (excluding diaryl/α,β-unsaturated/α-hetero) is 2. The summed E-state index contributed by atoms with van der Waals surface area (Å²) in [5.74, 6) is 0.456. The number of unbranched alkanes of at least 4 members (excludes halogenated alkanes) is 3. The Hall–Kier alpha value is -2.22. The van der Waals surface area contributed by atoms with E-state index >= 15 is 0 Å². The van der Waals surface area contributed by atoms with Crippen molar-refractivity contribution < 1.29 is 9.59 Å². The van der Waals surface area contributed by atoms with Gasteiger partial charge in [-0.25, -0.2) is 0 Å². The van der Waals surface area contributed by atoms with E-state index in [-0.39, 0.29) is 23.7 Å². The van der Waals surface area contributed by atoms with Crippen LogP contribution in [0.2, 0.25) is 0 Å². The zero-order valence-electron chi connectivity index (χ0n) is 20.4. The standard InChI is InChI=1S/C30H40O2/c1-5-7-9-11-27(31)30-26(23-16-12-21(3)13-17-23)20-28(32)25(10-8-6-2)29(30)24-18-14-22(4)15-19-24/h12-19,25-26,29-30H,5-11,20H2,1-4H3. The van der Waals surface area contributed by atoms with Gasteiger partial charge in [-0.1, -0.05) is 99.2 Å². The van der Waals surface area contributed by atoms with Gasteiger partial charge in [-0.3, -0.25) is 9.59 Å². The van der Waals surface area contributed by atoms with Crippen LogP contribution in [0.4, 0.5) is 0 Å². The van der Waals surface area contributed by atoms with Crippen molar-refractivity contribution in [1.82, 2.24) is 0 Å². The van der Waals surface area contributed by atoms with E-state index in [0.29, 0.717) is 24.4 Å². The zero-order chi connectivity index (χ0) is 23.1. The molecule has 0 spiro atoms. The quantitative estimate of drug-likeness (QED) is 0.360. The Morgan fingerprint density at radius 3 is 1.94 bits per heavy atom. The Labute approximate surface area is 194 Å². The summed E-state index contributed by atoms with van der Waals surface area (Å²) in [4.78, 5) is 27.3. The molecule has 0 amide bonds. The molecule has 0 N–H and O–H groups in total. The Morgan fingerprint density at radius 2 is 1.38 bits per heavy atom. The minimum atomic E-state index is -0.128. The van der Waals surface area contributed by atoms with Crippen LogP contribution < -0.4 is 0 Å². The smallest absolute Gasteiger partial charge is 0.137 e. The largest absolute Gasteiger partial charge is 0.299 e. The second-order valence-corrected chi connectivity index (χ2v) is 9.82. The van der Waals surface area contributed by atoms with Gasteiger partial charge in [0, 0.05) is 36.5 Å². The van der Waals surface area contributed by atoms with Gasteiger partial charge in [0.25, 0.3) is 0 Å². The number of aryl methyl sites for hydroxylation is 2. The van der Waals surface area contributed by atoms with Gasteiger partial charge in [0.05, 0.1) is 0 Å². The first kappa shape index (κ1) is 24.4. The van der Waals surface area contributed by atoms with Gasteiger partial charge < -0.3 is 0 Å². The van der Waals surface area contributed by atoms with Crippen molar-refractivity contribution in [3.8, 4) is 0 Å². The highest BCUT2D eigenvalue weighted by molar-refractivity contribution is 5.90. The number of rotatable bonds is 10. The summed E-state index contributed by atoms with van der Waals surface area (Å²) in [7, 11) is 0. The SMILES string of the molecule is CCCCCC(=O)C1C(c2ccc(C)cc2)CC(=O)C(CCCC)C1c1ccc(C)cc1. The third-order valence-corrected chi connectivity index (χ3v) is 7.32. The Morgan fingerprint density at radius 1 is 0.812 bits per heavy atom. The van der Waals surface area contributed by atoms with E-state index in [9.17, 15) is 9.59 Å². The van der Waals surface area contributed by atoms with Crippen LogP contribution >= 0.6 is 0 Å². The Kier molecular flexibility index (Phi) is 8.84. The van der Waals surface area contributed by atoms with Crippen LogP contribution in [0.5, 0.6) is 0 Å². The lowest BCUT2D eigenvalue weighted by molar-refractivity contribution is -0.133. The van der Waals surface area contributed by atoms with Gasteiger partial charge in [0.15, 0.2) is 0 Å². The van der Waals surface area contributed by atoms with E-state index in [1.165, 1.54) is 11.1 Å². The average Bonchev–Trinajstić information content (AvgIpc) is 2.79. The van der Waals surface area contributed by atoms with Gasteiger partial charge in [-0.15, -0.1) is 0 Å². The summed E-state index contributed by atoms with van der Waals surface area (Å²) in [6.07, 6.45) is 7.24. The molecule has 0 aliphatic heterocycles. The van der Waals surface area contributed by atoms with Crippen molar-refractivity contribution in [2.24, 2.45) is 11.8 Å². The molecule has 1 fully saturated rings. The summed E-state index contributed by atoms with van der Waals surface area (Å²) >= 11 is 0. The fourth-order valence-corrected chi connectivity index (χ4v) is 5.47. The van der Waals surface area contributed by atoms with Crippen molar-refractivity contribution in [1.29, 1.82) is 0 Å². The highest BCUT2D eigenvalue weighted by atomic mass is 16.1. The fraction of sp³-hybridized carbons (Fsp3) is 0.533. The van der Waals surface area contributed by atoms with Gasteiger partial charge >= 0.3 is 0 Å². The minimum absolute atomic E-state index is 0.0242. The lowest BCUT2D eigenvalue weighted by atomic mass is 9.59. The molecule has 1 aliphatic rings. The molecule has 2 aromatic carbocycles. The van der Waals surface area contributed by atoms with E-state index in [1.807, 2.05) is 0 Å². The maximum atomic E-state index is 13.8. The molecule has 32 heavy (non-hydrogen) atoms. The number of ketones is 2. The predicted octanol–water partition coefficient (Wildman–Crippen LogP) is 7.72. The monoisotopic (exact) mass is 432 g/mol. The molecule has 2 aromatic rings. The second-order valence-electron chi connectivity index (χ2n) is 9.82. The maximum absolute atomic E-state index is 13.8. The molecule has 0 radical (unpaired) electrons. The van der Waals surface area contributed by atoms with Gasteiger partial charge in [0.2, 0.25) is 0 Å². The predicted molar refractivity (Wildman–Crippen MR) is 133 cm³/mol. The maximum Gasteiger partial charge on any atom is 0.137 e. The van der Waals surface area contributed by atoms with Crippen LogP contribution in [0.1, 0.15) is 99.3 Å². The molecule has 2 heteroatoms. The van der Waals surface area contributed by atoms with Crippen molar-refractivity contribution >= 4 is 11.6 Å². The molecule has 0 bridgehead atoms. The number of hydrogen-bond acceptors (Lipinski definition) is 2. The lowest BCUT2D eigenvalue weighted by Gasteiger charge is -2.42. The van der Waals surface area contributed by atoms with Crippen LogP contribution in [0.15, 0.2) is 48.5 Å². The van der Waals surface area contributed by atoms with Crippen LogP contribution in [0.25, 0.3) is 0 Å². The van der Waals surface area contributed by atoms with E-state index < -0.39 is 0 Å². The molecule has 2 nitrogen and oxygen atoms in total. The normalized spacial score (nSPS) is 23.3. The zero-order valence-corrected chi connectivity index (χ0v) is 20.4. The third kappa shape index (κ3) is 5.77. The molecule has 3 rings (SSSR count). The van der Waals surface area contributed by atoms with Gasteiger partial charge in [-0.2, -0.15) is 0 Å². The molecule has 0 saturated heterocycles. The first-order chi connectivity index (χ1) is 15.5. The van der Waals surface area contributed by atoms with Gasteiger partial charge in [-0.05, 0) is 37.8 Å². The molecule has 172 valence electrons. The van der Waals surface area contributed by atoms with Crippen LogP contribution in [-0.4, -0.2) is 11.6 Å². The number of benzene rings is 2. The lowest BCUT2D eigenvalue weighted by Crippen LogP contribution is -2.42. The summed E-state index contributed by atoms with van der Waals surface area (Å²) in [5, 5.41) is 0. The van der Waals surface area contributed by atoms with Crippen LogP contribution in [0, 0.1) is 25.7 Å². The number of carbonyl (C=O) groups excluding carboxylic acids is 2. The third-order valence-electron chi connectivity index (χ3n) is 7.32. The van der Waals surface area contributed by atoms with Gasteiger partial charge in [0.1, 0.15) is 11.6 Å². The van der Waals surface area contributed by atoms with E-state index in [0.717, 1.165) is 49.7 Å². The molecule has 0 heterocycles. The fourth-order valence-electron chi connectivity index (χ4n) is 5.47. The molecule has 4 unspecified atom stereocenters. The first-order valence-corrected chi connectivity index (χ1v) is 12.6. The number of carbonyl (C=O) groups is 2. The highest BCUT2D eigenvalue weighted by Crippen LogP contribution is 2.50. The van der Waals surface area contributed by atoms with E-state index in [1.54, 1.807) is 0 Å². The molecule has 0 aromatic heterocycles. The summed E-state index contributed by atoms with van der Waals surface area (Å²) in [5.41, 5.74) is 4.72. The average molecular weight is 433 g/mol. The molecular formula is C30H40O2. The van der Waals surface area contributed by atoms with Crippen molar-refractivity contribution in [2.75, 3.05) is 0 Å². The minimum Gasteiger partial charge on any atom is -0.299 e. The van der Waals surface area contributed by atoms with Crippen molar-refractivity contribution in [3.63, 3.8) is 0 Å².